The molecule has 504 valence electrons. The lowest BCUT2D eigenvalue weighted by atomic mass is 9.44. The zero-order chi connectivity index (χ0) is 63.5. The van der Waals surface area contributed by atoms with Crippen LogP contribution in [0.4, 0.5) is 0 Å². The lowest BCUT2D eigenvalue weighted by molar-refractivity contribution is -0.354. The molecule has 0 aromatic rings. The minimum absolute atomic E-state index is 0.0480. The number of carbonyl (C=O) groups is 2. The second-order valence-electron chi connectivity index (χ2n) is 27.4. The molecule has 6 heterocycles. The predicted octanol–water partition coefficient (Wildman–Crippen LogP) is 4.84. The maximum Gasteiger partial charge on any atom is 0.302 e. The molecule has 0 aromatic heterocycles. The van der Waals surface area contributed by atoms with Gasteiger partial charge in [-0.05, 0) is 111 Å². The van der Waals surface area contributed by atoms with Crippen molar-refractivity contribution in [2.24, 2.45) is 22.7 Å². The maximum atomic E-state index is 13.1. The summed E-state index contributed by atoms with van der Waals surface area (Å²) in [4.78, 5) is 25.7. The second kappa shape index (κ2) is 27.8. The highest BCUT2D eigenvalue weighted by Crippen LogP contribution is 2.69. The molecule has 24 heteroatoms. The Bertz CT molecular complexity index is 2370. The quantitative estimate of drug-likeness (QED) is 0.0994. The number of fused-ring (bicyclic) bond motifs is 5. The Morgan fingerprint density at radius 2 is 0.898 bits per heavy atom. The van der Waals surface area contributed by atoms with Gasteiger partial charge >= 0.3 is 5.97 Å². The Labute approximate surface area is 519 Å². The number of rotatable bonds is 19. The van der Waals surface area contributed by atoms with Gasteiger partial charge in [-0.25, -0.2) is 0 Å². The van der Waals surface area contributed by atoms with Crippen molar-refractivity contribution in [2.75, 3.05) is 35.5 Å². The molecule has 32 atom stereocenters. The monoisotopic (exact) mass is 1260 g/mol. The lowest BCUT2D eigenvalue weighted by Gasteiger charge is -2.63. The van der Waals surface area contributed by atoms with E-state index in [1.54, 1.807) is 42.3 Å². The van der Waals surface area contributed by atoms with Crippen LogP contribution in [0.15, 0.2) is 11.6 Å². The van der Waals surface area contributed by atoms with Gasteiger partial charge < -0.3 is 106 Å². The van der Waals surface area contributed by atoms with Gasteiger partial charge in [0.15, 0.2) is 43.5 Å². The first kappa shape index (κ1) is 68.9. The van der Waals surface area contributed by atoms with E-state index in [2.05, 4.69) is 13.0 Å². The highest BCUT2D eigenvalue weighted by molar-refractivity contribution is 5.87. The van der Waals surface area contributed by atoms with Gasteiger partial charge in [-0.2, -0.15) is 0 Å². The van der Waals surface area contributed by atoms with Gasteiger partial charge in [-0.15, -0.1) is 0 Å². The SMILES string of the molecule is CO[C@H]1C[C@H](O[C@H]2CC[C@@]3(C)C(=CC[C@@H]4[C@@H]3C[C@@H](OC(C)=O)[C@]3(C)[C@](O)(C(C)=O)CC[C@]43O)C2)O[C@H](C)[C@H]1O[C@H]1C[C@@H](OC)[C@@H](O[C@H]2C[C@@H](OC)[C@@H](O[C@H]3C[C@H](OC)[C@H](O[C@H]4C[C@H](O)[C@H](O[C@H]5C[C@@H](OC)[C@@H](O)[C@H](C)O5)[C@@H](C)O4)[C@@H](C)O3)[C@H](C)O2)[C@H](C)O1. The Morgan fingerprint density at radius 3 is 1.32 bits per heavy atom. The number of Topliss-reactive ketones (excluding diaryl/α,β-unsaturated/α-hetero) is 1. The van der Waals surface area contributed by atoms with Gasteiger partial charge in [-0.3, -0.25) is 9.59 Å². The van der Waals surface area contributed by atoms with Crippen LogP contribution in [0.2, 0.25) is 0 Å². The van der Waals surface area contributed by atoms with Crippen LogP contribution in [0.5, 0.6) is 0 Å². The van der Waals surface area contributed by atoms with Gasteiger partial charge in [0, 0.05) is 81.0 Å². The highest BCUT2D eigenvalue weighted by atomic mass is 16.8. The number of carbonyl (C=O) groups excluding carboxylic acids is 2. The number of allylic oxidation sites excluding steroid dienone is 1. The number of hydrogen-bond acceptors (Lipinski definition) is 24. The third kappa shape index (κ3) is 13.1. The van der Waals surface area contributed by atoms with Gasteiger partial charge in [0.25, 0.3) is 0 Å². The van der Waals surface area contributed by atoms with Gasteiger partial charge in [0.2, 0.25) is 0 Å². The van der Waals surface area contributed by atoms with Crippen LogP contribution in [-0.2, 0) is 94.9 Å². The van der Waals surface area contributed by atoms with Crippen LogP contribution in [0, 0.1) is 22.7 Å². The molecule has 0 unspecified atom stereocenters. The summed E-state index contributed by atoms with van der Waals surface area (Å²) in [6.45, 7) is 18.0. The second-order valence-corrected chi connectivity index (χ2v) is 27.4. The predicted molar refractivity (Wildman–Crippen MR) is 309 cm³/mol. The van der Waals surface area contributed by atoms with Gasteiger partial charge in [0.05, 0.1) is 90.4 Å². The molecule has 3 saturated carbocycles. The number of methoxy groups -OCH3 is 5. The zero-order valence-electron chi connectivity index (χ0n) is 54.4. The summed E-state index contributed by atoms with van der Waals surface area (Å²) in [6.07, 6.45) is -6.85. The third-order valence-corrected chi connectivity index (χ3v) is 22.5. The van der Waals surface area contributed by atoms with Crippen molar-refractivity contribution < 1.29 is 115 Å². The summed E-state index contributed by atoms with van der Waals surface area (Å²) in [5, 5.41) is 46.4. The Balaban J connectivity index is 0.685. The molecule has 0 radical (unpaired) electrons. The molecule has 4 aliphatic carbocycles. The first-order valence-electron chi connectivity index (χ1n) is 32.4. The molecule has 10 aliphatic rings. The number of ether oxygens (including phenoxy) is 18. The fraction of sp³-hybridized carbons (Fsp3) is 0.938. The molecule has 0 bridgehead atoms. The topological polar surface area (TPSA) is 281 Å². The summed E-state index contributed by atoms with van der Waals surface area (Å²) in [7, 11) is 8.10. The summed E-state index contributed by atoms with van der Waals surface area (Å²) < 4.78 is 113. The first-order chi connectivity index (χ1) is 41.7. The molecule has 88 heavy (non-hydrogen) atoms. The molecule has 10 rings (SSSR count). The molecule has 9 fully saturated rings. The Morgan fingerprint density at radius 1 is 0.500 bits per heavy atom. The van der Waals surface area contributed by atoms with Crippen LogP contribution in [0.1, 0.15) is 153 Å². The van der Waals surface area contributed by atoms with Crippen LogP contribution < -0.4 is 0 Å². The standard InChI is InChI=1S/C64H104O24/c1-30-55(68)43(71-11)25-51(76-30)84-56-31(2)77-49(24-42(56)67)85-57-33(4)79-52(27-45(57)73-13)87-59-35(6)81-54(29-47(59)75-15)88-60-34(5)80-53(28-46(60)74-14)86-58-32(3)78-50(26-44(58)72-12)83-39-18-19-61(9)38(22-39)16-17-40-41(61)23-48(82-37(8)66)62(10)63(69,36(7)65)20-21-64(40,62)70/h16,30-35,39-60,67-70H,17-29H2,1-15H3/t30-,31+,32+,33+,34-,35-,39-,40+,41-,42-,43+,44-,45-,46+,47+,48+,49-,50-,51-,52-,53-,54-,55-,56+,57+,58+,59-,60-,61-,62+,63+,64-/m0/s1. The fourth-order valence-corrected chi connectivity index (χ4v) is 17.4. The molecular weight excluding hydrogens is 1150 g/mol. The number of esters is 1. The van der Waals surface area contributed by atoms with Crippen molar-refractivity contribution >= 4 is 11.8 Å². The van der Waals surface area contributed by atoms with Crippen molar-refractivity contribution in [3.8, 4) is 0 Å². The first-order valence-corrected chi connectivity index (χ1v) is 32.4. The molecule has 6 saturated heterocycles. The van der Waals surface area contributed by atoms with E-state index in [0.717, 1.165) is 12.8 Å². The van der Waals surface area contributed by atoms with E-state index in [-0.39, 0.29) is 48.7 Å². The number of ketones is 1. The number of aliphatic hydroxyl groups is 4. The minimum Gasteiger partial charge on any atom is -0.462 e. The van der Waals surface area contributed by atoms with Gasteiger partial charge in [-0.1, -0.05) is 25.5 Å². The molecule has 0 aromatic carbocycles. The Hall–Kier alpha value is -1.96. The van der Waals surface area contributed by atoms with Crippen LogP contribution in [0.25, 0.3) is 0 Å². The third-order valence-electron chi connectivity index (χ3n) is 22.5. The summed E-state index contributed by atoms with van der Waals surface area (Å²) >= 11 is 0. The maximum absolute atomic E-state index is 13.1. The molecule has 24 nitrogen and oxygen atoms in total. The van der Waals surface area contributed by atoms with Crippen LogP contribution in [0.3, 0.4) is 0 Å². The van der Waals surface area contributed by atoms with E-state index >= 15 is 0 Å². The molecule has 0 spiro atoms. The highest BCUT2D eigenvalue weighted by Gasteiger charge is 2.77. The van der Waals surface area contributed by atoms with E-state index in [4.69, 9.17) is 85.3 Å². The summed E-state index contributed by atoms with van der Waals surface area (Å²) in [6, 6.07) is 0. The summed E-state index contributed by atoms with van der Waals surface area (Å²) in [5.74, 6) is -1.20. The van der Waals surface area contributed by atoms with E-state index in [0.29, 0.717) is 51.4 Å². The number of aliphatic hydroxyl groups excluding tert-OH is 2. The smallest absolute Gasteiger partial charge is 0.302 e. The zero-order valence-corrected chi connectivity index (χ0v) is 54.4. The number of hydrogen-bond donors (Lipinski definition) is 4. The molecule has 4 N–H and O–H groups in total. The van der Waals surface area contributed by atoms with Crippen molar-refractivity contribution in [2.45, 2.75) is 324 Å². The molecule has 6 aliphatic heterocycles. The van der Waals surface area contributed by atoms with Crippen LogP contribution in [-0.4, -0.2) is 239 Å². The molecule has 0 amide bonds. The summed E-state index contributed by atoms with van der Waals surface area (Å²) in [5.41, 5.74) is -3.67. The Kier molecular flexibility index (Phi) is 21.7. The van der Waals surface area contributed by atoms with Crippen molar-refractivity contribution in [3.05, 3.63) is 11.6 Å². The fourth-order valence-electron chi connectivity index (χ4n) is 17.4. The van der Waals surface area contributed by atoms with Crippen LogP contribution >= 0.6 is 0 Å². The normalized spacial score (nSPS) is 51.6. The van der Waals surface area contributed by atoms with Gasteiger partial charge in [0.1, 0.15) is 48.3 Å². The van der Waals surface area contributed by atoms with Crippen molar-refractivity contribution in [1.29, 1.82) is 0 Å². The van der Waals surface area contributed by atoms with E-state index in [1.165, 1.54) is 26.5 Å². The average molecular weight is 1260 g/mol. The van der Waals surface area contributed by atoms with E-state index < -0.39 is 176 Å². The largest absolute Gasteiger partial charge is 0.462 e. The molecular formula is C64H104O24. The van der Waals surface area contributed by atoms with E-state index in [1.807, 2.05) is 34.6 Å². The van der Waals surface area contributed by atoms with Crippen molar-refractivity contribution in [1.82, 2.24) is 0 Å². The van der Waals surface area contributed by atoms with Crippen molar-refractivity contribution in [3.63, 3.8) is 0 Å². The minimum atomic E-state index is -1.81. The average Bonchev–Trinajstić information content (AvgIpc) is 1.40. The van der Waals surface area contributed by atoms with E-state index in [9.17, 15) is 30.0 Å². The lowest BCUT2D eigenvalue weighted by Crippen LogP contribution is -2.71.